The maximum absolute atomic E-state index is 5.97. The van der Waals surface area contributed by atoms with E-state index in [0.29, 0.717) is 11.9 Å². The lowest BCUT2D eigenvalue weighted by Crippen LogP contribution is -2.46. The summed E-state index contributed by atoms with van der Waals surface area (Å²) in [6.45, 7) is 1.82. The zero-order valence-corrected chi connectivity index (χ0v) is 14.0. The van der Waals surface area contributed by atoms with Crippen LogP contribution in [0.1, 0.15) is 25.7 Å². The molecule has 1 aliphatic carbocycles. The molecule has 4 nitrogen and oxygen atoms in total. The normalized spacial score (nSPS) is 27.2. The lowest BCUT2D eigenvalue weighted by Gasteiger charge is -2.46. The molecule has 22 heavy (non-hydrogen) atoms. The summed E-state index contributed by atoms with van der Waals surface area (Å²) in [5.41, 5.74) is 8.23. The van der Waals surface area contributed by atoms with Gasteiger partial charge in [-0.1, -0.05) is 15.9 Å². The first-order valence-corrected chi connectivity index (χ1v) is 8.64. The van der Waals surface area contributed by atoms with Crippen LogP contribution in [0.3, 0.4) is 0 Å². The number of fused-ring (bicyclic) bond motifs is 4. The molecule has 0 radical (unpaired) electrons. The Morgan fingerprint density at radius 1 is 1.32 bits per heavy atom. The van der Waals surface area contributed by atoms with Gasteiger partial charge in [-0.2, -0.15) is 0 Å². The highest BCUT2D eigenvalue weighted by atomic mass is 79.9. The maximum Gasteiger partial charge on any atom is 0.126 e. The van der Waals surface area contributed by atoms with Gasteiger partial charge in [-0.05, 0) is 43.9 Å². The van der Waals surface area contributed by atoms with Crippen LogP contribution in [-0.2, 0) is 4.74 Å². The topological polar surface area (TPSA) is 60.2 Å². The van der Waals surface area contributed by atoms with Gasteiger partial charge in [-0.3, -0.25) is 0 Å². The number of aromatic nitrogens is 1. The molecule has 0 unspecified atom stereocenters. The van der Waals surface area contributed by atoms with Gasteiger partial charge in [0.1, 0.15) is 5.82 Å². The van der Waals surface area contributed by atoms with Gasteiger partial charge in [-0.15, -0.1) is 0 Å². The van der Waals surface area contributed by atoms with Crippen LogP contribution in [0.2, 0.25) is 0 Å². The second-order valence-corrected chi connectivity index (χ2v) is 7.54. The molecule has 2 saturated heterocycles. The lowest BCUT2D eigenvalue weighted by atomic mass is 9.71. The zero-order chi connectivity index (χ0) is 15.2. The third-order valence-electron chi connectivity index (χ3n) is 5.06. The number of pyridine rings is 1. The van der Waals surface area contributed by atoms with Crippen LogP contribution in [0.4, 0.5) is 11.5 Å². The van der Waals surface area contributed by atoms with Crippen molar-refractivity contribution in [3.63, 3.8) is 0 Å². The fourth-order valence-corrected chi connectivity index (χ4v) is 4.04. The lowest BCUT2D eigenvalue weighted by molar-refractivity contribution is -0.108. The quantitative estimate of drug-likeness (QED) is 0.868. The first kappa shape index (κ1) is 14.3. The highest BCUT2D eigenvalue weighted by Gasteiger charge is 2.41. The minimum Gasteiger partial charge on any atom is -0.384 e. The van der Waals surface area contributed by atoms with E-state index < -0.39 is 0 Å². The van der Waals surface area contributed by atoms with Gasteiger partial charge in [0, 0.05) is 33.6 Å². The third kappa shape index (κ3) is 2.57. The number of rotatable bonds is 3. The molecule has 2 bridgehead atoms. The SMILES string of the molecule is Nc1cc(NCC23CCC(CC2)OC3)c2ccc(Br)cc2n1. The van der Waals surface area contributed by atoms with Crippen LogP contribution in [-0.4, -0.2) is 24.2 Å². The molecule has 3 aliphatic rings. The van der Waals surface area contributed by atoms with Crippen molar-refractivity contribution in [3.8, 4) is 0 Å². The molecule has 0 atom stereocenters. The molecule has 1 saturated carbocycles. The first-order chi connectivity index (χ1) is 10.6. The highest BCUT2D eigenvalue weighted by Crippen LogP contribution is 2.43. The maximum atomic E-state index is 5.97. The summed E-state index contributed by atoms with van der Waals surface area (Å²) in [4.78, 5) is 4.42. The van der Waals surface area contributed by atoms with E-state index in [2.05, 4.69) is 32.3 Å². The molecule has 3 N–H and O–H groups in total. The average molecular weight is 362 g/mol. The van der Waals surface area contributed by atoms with Crippen molar-refractivity contribution in [3.05, 3.63) is 28.7 Å². The number of benzene rings is 1. The number of nitrogens with zero attached hydrogens (tertiary/aromatic N) is 1. The molecule has 116 valence electrons. The summed E-state index contributed by atoms with van der Waals surface area (Å²) in [5, 5.41) is 4.73. The van der Waals surface area contributed by atoms with Crippen LogP contribution in [0.5, 0.6) is 0 Å². The second kappa shape index (κ2) is 5.39. The molecule has 1 aromatic heterocycles. The van der Waals surface area contributed by atoms with E-state index in [4.69, 9.17) is 10.5 Å². The van der Waals surface area contributed by atoms with Crippen molar-refractivity contribution < 1.29 is 4.74 Å². The van der Waals surface area contributed by atoms with E-state index >= 15 is 0 Å². The molecule has 0 spiro atoms. The zero-order valence-electron chi connectivity index (χ0n) is 12.4. The Balaban J connectivity index is 1.61. The number of anilines is 2. The number of nitrogen functional groups attached to an aromatic ring is 1. The molecular formula is C17H20BrN3O. The first-order valence-electron chi connectivity index (χ1n) is 7.85. The van der Waals surface area contributed by atoms with Crippen molar-refractivity contribution in [1.29, 1.82) is 0 Å². The fraction of sp³-hybridized carbons (Fsp3) is 0.471. The Morgan fingerprint density at radius 2 is 2.14 bits per heavy atom. The minimum atomic E-state index is 0.286. The molecule has 2 aromatic rings. The summed E-state index contributed by atoms with van der Waals surface area (Å²) < 4.78 is 6.93. The largest absolute Gasteiger partial charge is 0.384 e. The molecule has 1 aromatic carbocycles. The van der Waals surface area contributed by atoms with Crippen molar-refractivity contribution >= 4 is 38.3 Å². The van der Waals surface area contributed by atoms with Crippen molar-refractivity contribution in [2.45, 2.75) is 31.8 Å². The number of halogens is 1. The summed E-state index contributed by atoms with van der Waals surface area (Å²) in [5.74, 6) is 0.550. The van der Waals surface area contributed by atoms with E-state index in [1.54, 1.807) is 0 Å². The molecule has 2 aliphatic heterocycles. The van der Waals surface area contributed by atoms with Crippen molar-refractivity contribution in [1.82, 2.24) is 4.98 Å². The predicted octanol–water partition coefficient (Wildman–Crippen LogP) is 3.95. The Hall–Kier alpha value is -1.33. The highest BCUT2D eigenvalue weighted by molar-refractivity contribution is 9.10. The predicted molar refractivity (Wildman–Crippen MR) is 93.0 cm³/mol. The van der Waals surface area contributed by atoms with Crippen molar-refractivity contribution in [2.75, 3.05) is 24.2 Å². The van der Waals surface area contributed by atoms with Crippen LogP contribution in [0.25, 0.3) is 10.9 Å². The van der Waals surface area contributed by atoms with Crippen LogP contribution in [0.15, 0.2) is 28.7 Å². The van der Waals surface area contributed by atoms with Gasteiger partial charge in [0.15, 0.2) is 0 Å². The molecule has 5 rings (SSSR count). The smallest absolute Gasteiger partial charge is 0.126 e. The molecular weight excluding hydrogens is 342 g/mol. The van der Waals surface area contributed by atoms with Crippen LogP contribution in [0, 0.1) is 5.41 Å². The monoisotopic (exact) mass is 361 g/mol. The fourth-order valence-electron chi connectivity index (χ4n) is 3.69. The Morgan fingerprint density at radius 3 is 2.86 bits per heavy atom. The van der Waals surface area contributed by atoms with Gasteiger partial charge >= 0.3 is 0 Å². The van der Waals surface area contributed by atoms with E-state index in [9.17, 15) is 0 Å². The van der Waals surface area contributed by atoms with E-state index in [1.807, 2.05) is 18.2 Å². The molecule has 0 amide bonds. The number of hydrogen-bond donors (Lipinski definition) is 2. The van der Waals surface area contributed by atoms with Gasteiger partial charge in [0.2, 0.25) is 0 Å². The summed E-state index contributed by atoms with van der Waals surface area (Å²) in [6, 6.07) is 8.06. The molecule has 3 heterocycles. The number of nitrogens with one attached hydrogen (secondary N) is 1. The Labute approximate surface area is 138 Å². The van der Waals surface area contributed by atoms with E-state index in [-0.39, 0.29) is 5.41 Å². The summed E-state index contributed by atoms with van der Waals surface area (Å²) >= 11 is 3.49. The van der Waals surface area contributed by atoms with Crippen LogP contribution >= 0.6 is 15.9 Å². The van der Waals surface area contributed by atoms with Gasteiger partial charge in [-0.25, -0.2) is 4.98 Å². The third-order valence-corrected chi connectivity index (χ3v) is 5.56. The standard InChI is InChI=1S/C17H20BrN3O/c18-11-1-2-13-14(8-16(19)21-15(13)7-11)20-9-17-5-3-12(4-6-17)22-10-17/h1-2,7-8,12H,3-6,9-10H2,(H3,19,20,21). The number of ether oxygens (including phenoxy) is 1. The van der Waals surface area contributed by atoms with Gasteiger partial charge in [0.05, 0.1) is 18.2 Å². The second-order valence-electron chi connectivity index (χ2n) is 6.62. The Bertz CT molecular complexity index is 691. The number of nitrogens with two attached hydrogens (primary N) is 1. The molecule has 3 fully saturated rings. The van der Waals surface area contributed by atoms with E-state index in [0.717, 1.165) is 34.2 Å². The minimum absolute atomic E-state index is 0.286. The van der Waals surface area contributed by atoms with Gasteiger partial charge in [0.25, 0.3) is 0 Å². The van der Waals surface area contributed by atoms with Gasteiger partial charge < -0.3 is 15.8 Å². The van der Waals surface area contributed by atoms with Crippen molar-refractivity contribution in [2.24, 2.45) is 5.41 Å². The Kier molecular flexibility index (Phi) is 3.50. The van der Waals surface area contributed by atoms with E-state index in [1.165, 1.54) is 25.7 Å². The molecule has 5 heteroatoms. The van der Waals surface area contributed by atoms with Crippen LogP contribution < -0.4 is 11.1 Å². The number of hydrogen-bond acceptors (Lipinski definition) is 4. The average Bonchev–Trinajstić information content (AvgIpc) is 2.54. The summed E-state index contributed by atoms with van der Waals surface area (Å²) in [7, 11) is 0. The summed E-state index contributed by atoms with van der Waals surface area (Å²) in [6.07, 6.45) is 5.43.